The number of allylic oxidation sites excluding steroid dienone is 2. The second-order valence-corrected chi connectivity index (χ2v) is 7.25. The van der Waals surface area contributed by atoms with Gasteiger partial charge in [-0.1, -0.05) is 12.1 Å². The summed E-state index contributed by atoms with van der Waals surface area (Å²) in [6.45, 7) is 5.13. The Morgan fingerprint density at radius 1 is 0.886 bits per heavy atom. The SMILES string of the molecule is CCOC(=O)COC(=O)C1=C(C)NC(C)=C(C(=O)OCC(=O)OCC)C1c1cccc([N+](=O)[O-])c1. The molecule has 1 aliphatic heterocycles. The van der Waals surface area contributed by atoms with Crippen LogP contribution in [0, 0.1) is 10.1 Å². The van der Waals surface area contributed by atoms with E-state index in [4.69, 9.17) is 18.9 Å². The molecule has 0 saturated heterocycles. The van der Waals surface area contributed by atoms with Crippen molar-refractivity contribution in [3.05, 3.63) is 62.5 Å². The average Bonchev–Trinajstić information content (AvgIpc) is 2.81. The van der Waals surface area contributed by atoms with Crippen molar-refractivity contribution >= 4 is 29.6 Å². The maximum absolute atomic E-state index is 13.0. The Balaban J connectivity index is 2.51. The van der Waals surface area contributed by atoms with Gasteiger partial charge in [-0.3, -0.25) is 10.1 Å². The molecule has 12 heteroatoms. The standard InChI is InChI=1S/C23H26N2O10/c1-5-32-17(26)11-34-22(28)19-13(3)24-14(4)20(23(29)35-12-18(27)33-6-2)21(19)15-8-7-9-16(10-15)25(30)31/h7-10,21,24H,5-6,11-12H2,1-4H3. The van der Waals surface area contributed by atoms with Crippen molar-refractivity contribution in [1.82, 2.24) is 5.32 Å². The van der Waals surface area contributed by atoms with E-state index in [-0.39, 0.29) is 35.6 Å². The molecule has 0 saturated carbocycles. The summed E-state index contributed by atoms with van der Waals surface area (Å²) >= 11 is 0. The number of rotatable bonds is 10. The number of ether oxygens (including phenoxy) is 4. The normalized spacial score (nSPS) is 13.6. The number of carbonyl (C=O) groups excluding carboxylic acids is 4. The Morgan fingerprint density at radius 3 is 1.80 bits per heavy atom. The van der Waals surface area contributed by atoms with Crippen molar-refractivity contribution in [1.29, 1.82) is 0 Å². The van der Waals surface area contributed by atoms with Gasteiger partial charge >= 0.3 is 23.9 Å². The smallest absolute Gasteiger partial charge is 0.344 e. The van der Waals surface area contributed by atoms with Gasteiger partial charge in [-0.05, 0) is 33.3 Å². The number of benzene rings is 1. The van der Waals surface area contributed by atoms with Gasteiger partial charge < -0.3 is 24.3 Å². The predicted octanol–water partition coefficient (Wildman–Crippen LogP) is 2.04. The number of carbonyl (C=O) groups is 4. The lowest BCUT2D eigenvalue weighted by Gasteiger charge is -2.30. The molecule has 0 amide bonds. The summed E-state index contributed by atoms with van der Waals surface area (Å²) in [7, 11) is 0. The highest BCUT2D eigenvalue weighted by atomic mass is 16.6. The third kappa shape index (κ3) is 6.88. The van der Waals surface area contributed by atoms with Gasteiger partial charge in [0.05, 0.1) is 35.2 Å². The zero-order chi connectivity index (χ0) is 26.1. The Kier molecular flexibility index (Phi) is 9.50. The van der Waals surface area contributed by atoms with E-state index in [0.29, 0.717) is 11.4 Å². The van der Waals surface area contributed by atoms with Crippen LogP contribution in [-0.4, -0.2) is 55.2 Å². The summed E-state index contributed by atoms with van der Waals surface area (Å²) in [4.78, 5) is 60.2. The van der Waals surface area contributed by atoms with Crippen molar-refractivity contribution in [2.75, 3.05) is 26.4 Å². The Hall–Kier alpha value is -4.22. The van der Waals surface area contributed by atoms with Gasteiger partial charge in [0.2, 0.25) is 0 Å². The van der Waals surface area contributed by atoms with Crippen molar-refractivity contribution in [2.24, 2.45) is 0 Å². The summed E-state index contributed by atoms with van der Waals surface area (Å²) in [6, 6.07) is 5.38. The lowest BCUT2D eigenvalue weighted by molar-refractivity contribution is -0.384. The lowest BCUT2D eigenvalue weighted by atomic mass is 9.80. The fourth-order valence-corrected chi connectivity index (χ4v) is 3.50. The first-order chi connectivity index (χ1) is 16.6. The van der Waals surface area contributed by atoms with Crippen LogP contribution in [0.1, 0.15) is 39.2 Å². The largest absolute Gasteiger partial charge is 0.463 e. The van der Waals surface area contributed by atoms with Gasteiger partial charge in [0.1, 0.15) is 0 Å². The van der Waals surface area contributed by atoms with E-state index in [1.165, 1.54) is 24.3 Å². The minimum Gasteiger partial charge on any atom is -0.463 e. The van der Waals surface area contributed by atoms with Gasteiger partial charge in [-0.2, -0.15) is 0 Å². The average molecular weight is 490 g/mol. The van der Waals surface area contributed by atoms with Gasteiger partial charge in [0.15, 0.2) is 13.2 Å². The molecule has 1 N–H and O–H groups in total. The molecular formula is C23H26N2O10. The van der Waals surface area contributed by atoms with Crippen LogP contribution in [-0.2, 0) is 38.1 Å². The summed E-state index contributed by atoms with van der Waals surface area (Å²) in [5.74, 6) is -4.57. The molecule has 0 unspecified atom stereocenters. The molecule has 35 heavy (non-hydrogen) atoms. The van der Waals surface area contributed by atoms with Crippen LogP contribution >= 0.6 is 0 Å². The molecule has 0 fully saturated rings. The van der Waals surface area contributed by atoms with Crippen LogP contribution in [0.3, 0.4) is 0 Å². The fourth-order valence-electron chi connectivity index (χ4n) is 3.50. The monoisotopic (exact) mass is 490 g/mol. The van der Waals surface area contributed by atoms with Crippen LogP contribution in [0.4, 0.5) is 5.69 Å². The number of hydrogen-bond acceptors (Lipinski definition) is 11. The minimum atomic E-state index is -1.15. The summed E-state index contributed by atoms with van der Waals surface area (Å²) < 4.78 is 19.7. The molecule has 2 rings (SSSR count). The van der Waals surface area contributed by atoms with E-state index in [9.17, 15) is 29.3 Å². The molecule has 1 aromatic rings. The molecule has 12 nitrogen and oxygen atoms in total. The molecule has 0 aliphatic carbocycles. The second-order valence-electron chi connectivity index (χ2n) is 7.25. The Bertz CT molecular complexity index is 1030. The predicted molar refractivity (Wildman–Crippen MR) is 120 cm³/mol. The van der Waals surface area contributed by atoms with Crippen molar-refractivity contribution in [2.45, 2.75) is 33.6 Å². The first-order valence-corrected chi connectivity index (χ1v) is 10.7. The number of nitrogens with zero attached hydrogens (tertiary/aromatic N) is 1. The number of nitro benzene ring substituents is 1. The zero-order valence-electron chi connectivity index (χ0n) is 19.7. The van der Waals surface area contributed by atoms with Gasteiger partial charge in [-0.25, -0.2) is 19.2 Å². The lowest BCUT2D eigenvalue weighted by Crippen LogP contribution is -2.33. The van der Waals surface area contributed by atoms with E-state index in [0.717, 1.165) is 0 Å². The number of esters is 4. The highest BCUT2D eigenvalue weighted by molar-refractivity contribution is 6.00. The summed E-state index contributed by atoms with van der Waals surface area (Å²) in [6.07, 6.45) is 0. The summed E-state index contributed by atoms with van der Waals surface area (Å²) in [5.41, 5.74) is 0.428. The first kappa shape index (κ1) is 27.0. The second kappa shape index (κ2) is 12.3. The maximum Gasteiger partial charge on any atom is 0.344 e. The van der Waals surface area contributed by atoms with Gasteiger partial charge in [-0.15, -0.1) is 0 Å². The minimum absolute atomic E-state index is 0.0662. The van der Waals surface area contributed by atoms with Crippen molar-refractivity contribution in [3.63, 3.8) is 0 Å². The fraction of sp³-hybridized carbons (Fsp3) is 0.391. The highest BCUT2D eigenvalue weighted by Gasteiger charge is 2.39. The Labute approximate surface area is 201 Å². The van der Waals surface area contributed by atoms with Gasteiger partial charge in [0, 0.05) is 23.5 Å². The molecule has 0 aromatic heterocycles. The number of nitrogens with one attached hydrogen (secondary N) is 1. The third-order valence-electron chi connectivity index (χ3n) is 4.87. The Morgan fingerprint density at radius 2 is 1.37 bits per heavy atom. The molecule has 0 radical (unpaired) electrons. The van der Waals surface area contributed by atoms with Gasteiger partial charge in [0.25, 0.3) is 5.69 Å². The third-order valence-corrected chi connectivity index (χ3v) is 4.87. The zero-order valence-corrected chi connectivity index (χ0v) is 19.7. The summed E-state index contributed by atoms with van der Waals surface area (Å²) in [5, 5.41) is 14.3. The first-order valence-electron chi connectivity index (χ1n) is 10.7. The molecule has 0 spiro atoms. The molecule has 1 aromatic carbocycles. The van der Waals surface area contributed by atoms with Crippen LogP contribution < -0.4 is 5.32 Å². The molecule has 0 bridgehead atoms. The molecule has 188 valence electrons. The van der Waals surface area contributed by atoms with Crippen LogP contribution in [0.15, 0.2) is 46.8 Å². The number of hydrogen-bond donors (Lipinski definition) is 1. The number of non-ortho nitro benzene ring substituents is 1. The van der Waals surface area contributed by atoms with E-state index in [1.54, 1.807) is 27.7 Å². The topological polar surface area (TPSA) is 160 Å². The van der Waals surface area contributed by atoms with E-state index >= 15 is 0 Å². The number of dihydropyridines is 1. The van der Waals surface area contributed by atoms with Crippen LogP contribution in [0.25, 0.3) is 0 Å². The van der Waals surface area contributed by atoms with Crippen LogP contribution in [0.2, 0.25) is 0 Å². The molecule has 1 aliphatic rings. The van der Waals surface area contributed by atoms with Crippen molar-refractivity contribution < 1.29 is 43.0 Å². The highest BCUT2D eigenvalue weighted by Crippen LogP contribution is 2.40. The van der Waals surface area contributed by atoms with E-state index in [2.05, 4.69) is 5.32 Å². The molecule has 0 atom stereocenters. The molecular weight excluding hydrogens is 464 g/mol. The molecule has 1 heterocycles. The van der Waals surface area contributed by atoms with Crippen molar-refractivity contribution in [3.8, 4) is 0 Å². The number of nitro groups is 1. The van der Waals surface area contributed by atoms with E-state index < -0.39 is 47.9 Å². The quantitative estimate of drug-likeness (QED) is 0.221. The van der Waals surface area contributed by atoms with E-state index in [1.807, 2.05) is 0 Å². The van der Waals surface area contributed by atoms with Crippen LogP contribution in [0.5, 0.6) is 0 Å². The maximum atomic E-state index is 13.0.